The smallest absolute Gasteiger partial charge is 0.372 e. The van der Waals surface area contributed by atoms with Gasteiger partial charge in [0.2, 0.25) is 0 Å². The fourth-order valence-electron chi connectivity index (χ4n) is 1.83. The lowest BCUT2D eigenvalue weighted by atomic mass is 10.3. The highest BCUT2D eigenvalue weighted by atomic mass is 28.4. The van der Waals surface area contributed by atoms with Gasteiger partial charge in [-0.1, -0.05) is 44.2 Å². The van der Waals surface area contributed by atoms with E-state index < -0.39 is 8.56 Å². The minimum atomic E-state index is -2.18. The zero-order valence-electron chi connectivity index (χ0n) is 9.99. The molecule has 1 aromatic rings. The average Bonchev–Trinajstić information content (AvgIpc) is 2.27. The van der Waals surface area contributed by atoms with E-state index in [2.05, 4.69) is 26.0 Å². The zero-order chi connectivity index (χ0) is 11.3. The lowest BCUT2D eigenvalue weighted by Crippen LogP contribution is -2.53. The van der Waals surface area contributed by atoms with Crippen LogP contribution in [0.1, 0.15) is 13.8 Å². The normalized spacial score (nSPS) is 12.1. The number of benzene rings is 1. The van der Waals surface area contributed by atoms with Crippen LogP contribution >= 0.6 is 0 Å². The van der Waals surface area contributed by atoms with E-state index in [4.69, 9.17) is 8.85 Å². The summed E-state index contributed by atoms with van der Waals surface area (Å²) >= 11 is 0. The largest absolute Gasteiger partial charge is 0.394 e. The summed E-state index contributed by atoms with van der Waals surface area (Å²) in [5, 5.41) is 1.21. The highest BCUT2D eigenvalue weighted by Gasteiger charge is 2.38. The molecule has 3 heteroatoms. The standard InChI is InChI=1S/C12H20O2Si/c1-11(2)10-15(13-3,14-4)12-8-6-5-7-9-12/h5-9,11H,10H2,1-4H3. The summed E-state index contributed by atoms with van der Waals surface area (Å²) in [6.07, 6.45) is 0. The molecule has 2 nitrogen and oxygen atoms in total. The first-order valence-electron chi connectivity index (χ1n) is 5.30. The van der Waals surface area contributed by atoms with E-state index in [9.17, 15) is 0 Å². The molecule has 0 unspecified atom stereocenters. The van der Waals surface area contributed by atoms with Crippen molar-refractivity contribution < 1.29 is 8.85 Å². The van der Waals surface area contributed by atoms with Crippen molar-refractivity contribution in [2.45, 2.75) is 19.9 Å². The average molecular weight is 224 g/mol. The number of hydrogen-bond donors (Lipinski definition) is 0. The van der Waals surface area contributed by atoms with Gasteiger partial charge in [0.05, 0.1) is 0 Å². The Bertz CT molecular complexity index is 281. The molecular formula is C12H20O2Si. The van der Waals surface area contributed by atoms with Crippen molar-refractivity contribution in [2.75, 3.05) is 14.2 Å². The molecule has 1 rings (SSSR count). The lowest BCUT2D eigenvalue weighted by Gasteiger charge is -2.29. The SMILES string of the molecule is CO[Si](CC(C)C)(OC)c1ccccc1. The van der Waals surface area contributed by atoms with Gasteiger partial charge >= 0.3 is 8.56 Å². The van der Waals surface area contributed by atoms with Crippen LogP contribution in [0, 0.1) is 5.92 Å². The van der Waals surface area contributed by atoms with Crippen LogP contribution in [0.5, 0.6) is 0 Å². The van der Waals surface area contributed by atoms with Crippen molar-refractivity contribution in [2.24, 2.45) is 5.92 Å². The van der Waals surface area contributed by atoms with Crippen LogP contribution in [0.2, 0.25) is 6.04 Å². The first kappa shape index (κ1) is 12.4. The molecule has 0 saturated carbocycles. The molecule has 0 N–H and O–H groups in total. The fourth-order valence-corrected chi connectivity index (χ4v) is 4.82. The molecule has 0 fully saturated rings. The maximum atomic E-state index is 5.70. The molecule has 0 atom stereocenters. The van der Waals surface area contributed by atoms with Crippen molar-refractivity contribution in [1.29, 1.82) is 0 Å². The van der Waals surface area contributed by atoms with E-state index in [1.54, 1.807) is 14.2 Å². The van der Waals surface area contributed by atoms with Crippen molar-refractivity contribution in [3.8, 4) is 0 Å². The first-order valence-corrected chi connectivity index (χ1v) is 7.33. The van der Waals surface area contributed by atoms with Gasteiger partial charge in [-0.15, -0.1) is 0 Å². The Kier molecular flexibility index (Phi) is 4.51. The fraction of sp³-hybridized carbons (Fsp3) is 0.500. The van der Waals surface area contributed by atoms with Gasteiger partial charge in [0.25, 0.3) is 0 Å². The monoisotopic (exact) mass is 224 g/mol. The highest BCUT2D eigenvalue weighted by molar-refractivity contribution is 6.81. The number of rotatable bonds is 5. The quantitative estimate of drug-likeness (QED) is 0.714. The van der Waals surface area contributed by atoms with Crippen LogP contribution in [-0.2, 0) is 8.85 Å². The van der Waals surface area contributed by atoms with Gasteiger partial charge in [-0.3, -0.25) is 0 Å². The summed E-state index contributed by atoms with van der Waals surface area (Å²) in [6, 6.07) is 11.3. The minimum Gasteiger partial charge on any atom is -0.394 e. The first-order chi connectivity index (χ1) is 7.14. The van der Waals surface area contributed by atoms with Gasteiger partial charge in [0.15, 0.2) is 0 Å². The van der Waals surface area contributed by atoms with Gasteiger partial charge in [0, 0.05) is 14.2 Å². The Labute approximate surface area is 93.5 Å². The molecule has 0 aliphatic carbocycles. The molecule has 0 radical (unpaired) electrons. The molecule has 0 saturated heterocycles. The van der Waals surface area contributed by atoms with Crippen molar-refractivity contribution >= 4 is 13.7 Å². The van der Waals surface area contributed by atoms with Gasteiger partial charge in [-0.05, 0) is 17.1 Å². The van der Waals surface area contributed by atoms with E-state index in [0.717, 1.165) is 6.04 Å². The van der Waals surface area contributed by atoms with Crippen LogP contribution in [0.4, 0.5) is 0 Å². The molecule has 0 aliphatic heterocycles. The van der Waals surface area contributed by atoms with Crippen LogP contribution in [-0.4, -0.2) is 22.8 Å². The summed E-state index contributed by atoms with van der Waals surface area (Å²) in [5.74, 6) is 0.580. The van der Waals surface area contributed by atoms with Crippen molar-refractivity contribution in [1.82, 2.24) is 0 Å². The van der Waals surface area contributed by atoms with E-state index in [1.165, 1.54) is 5.19 Å². The van der Waals surface area contributed by atoms with E-state index in [1.807, 2.05) is 18.2 Å². The Hall–Kier alpha value is -0.643. The second-order valence-corrected chi connectivity index (χ2v) is 7.43. The summed E-state index contributed by atoms with van der Waals surface area (Å²) in [6.45, 7) is 4.39. The highest BCUT2D eigenvalue weighted by Crippen LogP contribution is 2.18. The Balaban J connectivity index is 3.00. The maximum Gasteiger partial charge on any atom is 0.372 e. The predicted molar refractivity (Wildman–Crippen MR) is 65.5 cm³/mol. The van der Waals surface area contributed by atoms with E-state index in [-0.39, 0.29) is 0 Å². The number of hydrogen-bond acceptors (Lipinski definition) is 2. The van der Waals surface area contributed by atoms with E-state index >= 15 is 0 Å². The predicted octanol–water partition coefficient (Wildman–Crippen LogP) is 2.28. The van der Waals surface area contributed by atoms with Crippen LogP contribution in [0.3, 0.4) is 0 Å². The van der Waals surface area contributed by atoms with Gasteiger partial charge < -0.3 is 8.85 Å². The molecule has 1 aromatic carbocycles. The molecule has 0 aromatic heterocycles. The zero-order valence-corrected chi connectivity index (χ0v) is 11.0. The van der Waals surface area contributed by atoms with E-state index in [0.29, 0.717) is 5.92 Å². The van der Waals surface area contributed by atoms with Crippen molar-refractivity contribution in [3.05, 3.63) is 30.3 Å². The van der Waals surface area contributed by atoms with Crippen molar-refractivity contribution in [3.63, 3.8) is 0 Å². The van der Waals surface area contributed by atoms with Gasteiger partial charge in [-0.25, -0.2) is 0 Å². The topological polar surface area (TPSA) is 18.5 Å². The van der Waals surface area contributed by atoms with Gasteiger partial charge in [-0.2, -0.15) is 0 Å². The summed E-state index contributed by atoms with van der Waals surface area (Å²) in [4.78, 5) is 0. The lowest BCUT2D eigenvalue weighted by molar-refractivity contribution is 0.252. The molecule has 0 spiro atoms. The molecule has 15 heavy (non-hydrogen) atoms. The van der Waals surface area contributed by atoms with Crippen LogP contribution < -0.4 is 5.19 Å². The maximum absolute atomic E-state index is 5.70. The molecular weight excluding hydrogens is 204 g/mol. The summed E-state index contributed by atoms with van der Waals surface area (Å²) < 4.78 is 11.4. The molecule has 0 bridgehead atoms. The molecule has 0 heterocycles. The minimum absolute atomic E-state index is 0.580. The van der Waals surface area contributed by atoms with Crippen LogP contribution in [0.15, 0.2) is 30.3 Å². The van der Waals surface area contributed by atoms with Crippen LogP contribution in [0.25, 0.3) is 0 Å². The third-order valence-corrected chi connectivity index (χ3v) is 6.44. The van der Waals surface area contributed by atoms with Gasteiger partial charge in [0.1, 0.15) is 0 Å². The third-order valence-electron chi connectivity index (χ3n) is 2.55. The molecule has 0 aliphatic rings. The Morgan fingerprint density at radius 3 is 2.00 bits per heavy atom. The second-order valence-electron chi connectivity index (χ2n) is 4.13. The Morgan fingerprint density at radius 1 is 1.07 bits per heavy atom. The summed E-state index contributed by atoms with van der Waals surface area (Å²) in [5.41, 5.74) is 0. The third kappa shape index (κ3) is 2.90. The molecule has 0 amide bonds. The Morgan fingerprint density at radius 2 is 1.60 bits per heavy atom. The molecule has 84 valence electrons. The summed E-state index contributed by atoms with van der Waals surface area (Å²) in [7, 11) is 1.33. The second kappa shape index (κ2) is 5.44.